The molecule has 2 nitrogen and oxygen atoms in total. The van der Waals surface area contributed by atoms with Gasteiger partial charge >= 0.3 is 0 Å². The molecule has 10 aromatic rings. The summed E-state index contributed by atoms with van der Waals surface area (Å²) in [5.74, 6) is 0.281. The normalized spacial score (nSPS) is 11.8. The summed E-state index contributed by atoms with van der Waals surface area (Å²) in [6.45, 7) is 0. The molecule has 10 rings (SSSR count). The quantitative estimate of drug-likeness (QED) is 0.201. The Balaban J connectivity index is 1.19. The van der Waals surface area contributed by atoms with Crippen LogP contribution in [0.15, 0.2) is 168 Å². The van der Waals surface area contributed by atoms with E-state index in [-0.39, 0.29) is 5.75 Å². The molecule has 0 amide bonds. The first kappa shape index (κ1) is 26.8. The lowest BCUT2D eigenvalue weighted by molar-refractivity contribution is 0.476. The summed E-state index contributed by atoms with van der Waals surface area (Å²) in [4.78, 5) is 0. The predicted molar refractivity (Wildman–Crippen MR) is 202 cm³/mol. The van der Waals surface area contributed by atoms with Gasteiger partial charge in [-0.1, -0.05) is 115 Å². The number of aromatic hydroxyl groups is 1. The minimum Gasteiger partial charge on any atom is -0.508 e. The molecule has 0 aliphatic heterocycles. The van der Waals surface area contributed by atoms with E-state index < -0.39 is 0 Å². The average molecular weight is 613 g/mol. The lowest BCUT2D eigenvalue weighted by atomic mass is 9.85. The van der Waals surface area contributed by atoms with Crippen LogP contribution in [0.25, 0.3) is 98.4 Å². The number of hydrogen-bond acceptors (Lipinski definition) is 2. The second kappa shape index (κ2) is 10.3. The zero-order valence-electron chi connectivity index (χ0n) is 25.9. The Morgan fingerprint density at radius 2 is 0.750 bits per heavy atom. The Labute approximate surface area is 276 Å². The number of hydrogen-bond donors (Lipinski definition) is 1. The highest BCUT2D eigenvalue weighted by Crippen LogP contribution is 2.45. The van der Waals surface area contributed by atoms with E-state index in [1.807, 2.05) is 24.3 Å². The van der Waals surface area contributed by atoms with Crippen LogP contribution in [-0.2, 0) is 0 Å². The van der Waals surface area contributed by atoms with Crippen molar-refractivity contribution in [3.05, 3.63) is 164 Å². The van der Waals surface area contributed by atoms with Gasteiger partial charge in [-0.15, -0.1) is 0 Å². The summed E-state index contributed by atoms with van der Waals surface area (Å²) >= 11 is 0. The number of furan rings is 1. The number of benzene rings is 9. The number of fused-ring (bicyclic) bond motifs is 7. The minimum atomic E-state index is 0.281. The third-order valence-corrected chi connectivity index (χ3v) is 9.88. The van der Waals surface area contributed by atoms with Gasteiger partial charge in [0.15, 0.2) is 0 Å². The summed E-state index contributed by atoms with van der Waals surface area (Å²) in [5.41, 5.74) is 8.95. The molecule has 0 fully saturated rings. The third-order valence-electron chi connectivity index (χ3n) is 9.88. The van der Waals surface area contributed by atoms with Gasteiger partial charge in [-0.05, 0) is 125 Å². The highest BCUT2D eigenvalue weighted by atomic mass is 16.3. The van der Waals surface area contributed by atoms with Crippen molar-refractivity contribution in [3.8, 4) is 39.1 Å². The number of para-hydroxylation sites is 1. The van der Waals surface area contributed by atoms with Crippen molar-refractivity contribution in [2.24, 2.45) is 0 Å². The van der Waals surface area contributed by atoms with Gasteiger partial charge < -0.3 is 9.52 Å². The molecule has 48 heavy (non-hydrogen) atoms. The van der Waals surface area contributed by atoms with Crippen LogP contribution in [0, 0.1) is 0 Å². The van der Waals surface area contributed by atoms with Crippen LogP contribution < -0.4 is 0 Å². The molecule has 224 valence electrons. The molecule has 0 unspecified atom stereocenters. The number of phenolic OH excluding ortho intramolecular Hbond substituents is 1. The van der Waals surface area contributed by atoms with Crippen LogP contribution in [0.4, 0.5) is 0 Å². The molecule has 1 N–H and O–H groups in total. The van der Waals surface area contributed by atoms with Crippen molar-refractivity contribution < 1.29 is 9.52 Å². The smallest absolute Gasteiger partial charge is 0.135 e. The van der Waals surface area contributed by atoms with E-state index in [4.69, 9.17) is 4.42 Å². The Morgan fingerprint density at radius 1 is 0.312 bits per heavy atom. The maximum Gasteiger partial charge on any atom is 0.135 e. The first-order valence-electron chi connectivity index (χ1n) is 16.3. The Kier molecular flexibility index (Phi) is 5.76. The van der Waals surface area contributed by atoms with Crippen molar-refractivity contribution in [1.82, 2.24) is 0 Å². The molecule has 0 saturated carbocycles. The molecule has 0 atom stereocenters. The van der Waals surface area contributed by atoms with E-state index >= 15 is 0 Å². The summed E-state index contributed by atoms with van der Waals surface area (Å²) in [6, 6.07) is 58.0. The Morgan fingerprint density at radius 3 is 1.38 bits per heavy atom. The van der Waals surface area contributed by atoms with Gasteiger partial charge in [0.25, 0.3) is 0 Å². The third kappa shape index (κ3) is 4.13. The highest BCUT2D eigenvalue weighted by Gasteiger charge is 2.18. The number of phenols is 1. The Hall–Kier alpha value is -6.38. The van der Waals surface area contributed by atoms with Gasteiger partial charge in [0.1, 0.15) is 16.9 Å². The molecule has 0 radical (unpaired) electrons. The van der Waals surface area contributed by atoms with Crippen LogP contribution in [0.1, 0.15) is 0 Å². The van der Waals surface area contributed by atoms with E-state index in [1.165, 1.54) is 54.6 Å². The monoisotopic (exact) mass is 612 g/mol. The molecule has 2 heteroatoms. The lowest BCUT2D eigenvalue weighted by Crippen LogP contribution is -1.91. The van der Waals surface area contributed by atoms with Gasteiger partial charge in [-0.25, -0.2) is 0 Å². The van der Waals surface area contributed by atoms with Gasteiger partial charge in [-0.2, -0.15) is 0 Å². The molecule has 9 aromatic carbocycles. The summed E-state index contributed by atoms with van der Waals surface area (Å²) in [7, 11) is 0. The molecular weight excluding hydrogens is 585 g/mol. The molecule has 0 bridgehead atoms. The second-order valence-corrected chi connectivity index (χ2v) is 12.7. The fourth-order valence-corrected chi connectivity index (χ4v) is 7.63. The van der Waals surface area contributed by atoms with Gasteiger partial charge in [-0.3, -0.25) is 0 Å². The van der Waals surface area contributed by atoms with Crippen molar-refractivity contribution in [3.63, 3.8) is 0 Å². The highest BCUT2D eigenvalue weighted by molar-refractivity contribution is 6.22. The molecule has 0 aliphatic carbocycles. The van der Waals surface area contributed by atoms with Gasteiger partial charge in [0.05, 0.1) is 0 Å². The molecule has 0 aliphatic rings. The minimum absolute atomic E-state index is 0.281. The lowest BCUT2D eigenvalue weighted by Gasteiger charge is -2.18. The summed E-state index contributed by atoms with van der Waals surface area (Å²) in [6.07, 6.45) is 0. The molecule has 1 aromatic heterocycles. The standard InChI is InChI=1S/C46H28O2/c47-36-21-19-29-14-17-31(24-35(29)26-36)30-16-13-28-15-18-32(25-34(28)23-30)45-38-8-1-3-10-40(38)46(41-11-4-2-9-39(41)45)33-20-22-44-42(27-33)37-7-5-6-12-43(37)48-44/h1-27,47H. The van der Waals surface area contributed by atoms with Crippen molar-refractivity contribution >= 4 is 65.0 Å². The van der Waals surface area contributed by atoms with Crippen molar-refractivity contribution in [1.29, 1.82) is 0 Å². The van der Waals surface area contributed by atoms with Crippen LogP contribution in [0.3, 0.4) is 0 Å². The zero-order chi connectivity index (χ0) is 31.8. The van der Waals surface area contributed by atoms with Gasteiger partial charge in [0, 0.05) is 10.8 Å². The van der Waals surface area contributed by atoms with E-state index in [0.717, 1.165) is 43.8 Å². The molecular formula is C46H28O2. The topological polar surface area (TPSA) is 33.4 Å². The average Bonchev–Trinajstić information content (AvgIpc) is 3.51. The molecule has 0 spiro atoms. The molecule has 0 saturated heterocycles. The Bertz CT molecular complexity index is 2850. The van der Waals surface area contributed by atoms with Crippen LogP contribution in [0.5, 0.6) is 5.75 Å². The van der Waals surface area contributed by atoms with E-state index in [9.17, 15) is 5.11 Å². The maximum absolute atomic E-state index is 10.1. The predicted octanol–water partition coefficient (Wildman–Crippen LogP) is 12.9. The maximum atomic E-state index is 10.1. The van der Waals surface area contributed by atoms with Crippen LogP contribution >= 0.6 is 0 Å². The fourth-order valence-electron chi connectivity index (χ4n) is 7.63. The number of rotatable bonds is 3. The van der Waals surface area contributed by atoms with Crippen LogP contribution in [-0.4, -0.2) is 5.11 Å². The van der Waals surface area contributed by atoms with E-state index in [0.29, 0.717) is 0 Å². The van der Waals surface area contributed by atoms with Gasteiger partial charge in [0.2, 0.25) is 0 Å². The van der Waals surface area contributed by atoms with Crippen molar-refractivity contribution in [2.75, 3.05) is 0 Å². The first-order valence-corrected chi connectivity index (χ1v) is 16.3. The fraction of sp³-hybridized carbons (Fsp3) is 0. The zero-order valence-corrected chi connectivity index (χ0v) is 25.9. The first-order chi connectivity index (χ1) is 23.7. The summed E-state index contributed by atoms with van der Waals surface area (Å²) in [5, 5.41) is 21.8. The van der Waals surface area contributed by atoms with E-state index in [2.05, 4.69) is 133 Å². The largest absolute Gasteiger partial charge is 0.508 e. The van der Waals surface area contributed by atoms with Crippen LogP contribution in [0.2, 0.25) is 0 Å². The molecule has 1 heterocycles. The van der Waals surface area contributed by atoms with E-state index in [1.54, 1.807) is 6.07 Å². The SMILES string of the molecule is Oc1ccc2ccc(-c3ccc4ccc(-c5c6ccccc6c(-c6ccc7oc8ccccc8c7c6)c6ccccc56)cc4c3)cc2c1. The summed E-state index contributed by atoms with van der Waals surface area (Å²) < 4.78 is 6.18. The van der Waals surface area contributed by atoms with Crippen molar-refractivity contribution in [2.45, 2.75) is 0 Å². The second-order valence-electron chi connectivity index (χ2n) is 12.7.